The summed E-state index contributed by atoms with van der Waals surface area (Å²) in [7, 11) is 0. The fourth-order valence-electron chi connectivity index (χ4n) is 1.92. The lowest BCUT2D eigenvalue weighted by atomic mass is 10.1. The summed E-state index contributed by atoms with van der Waals surface area (Å²) in [4.78, 5) is 22.6. The SMILES string of the molecule is NC(=O)c1cccc(C#CCCNC(=O)OCc2ccccc2)c1. The number of nitrogens with two attached hydrogens (primary N) is 1. The Bertz CT molecular complexity index is 761. The summed E-state index contributed by atoms with van der Waals surface area (Å²) >= 11 is 0. The zero-order valence-corrected chi connectivity index (χ0v) is 13.1. The van der Waals surface area contributed by atoms with Gasteiger partial charge >= 0.3 is 6.09 Å². The Morgan fingerprint density at radius 1 is 1.08 bits per heavy atom. The van der Waals surface area contributed by atoms with Crippen LogP contribution in [-0.4, -0.2) is 18.5 Å². The van der Waals surface area contributed by atoms with Crippen LogP contribution < -0.4 is 11.1 Å². The normalized spacial score (nSPS) is 9.50. The third-order valence-corrected chi connectivity index (χ3v) is 3.11. The maximum atomic E-state index is 11.5. The number of carbonyl (C=O) groups is 2. The molecule has 0 atom stereocenters. The first-order valence-electron chi connectivity index (χ1n) is 7.48. The number of rotatable bonds is 5. The van der Waals surface area contributed by atoms with E-state index in [9.17, 15) is 9.59 Å². The molecule has 24 heavy (non-hydrogen) atoms. The molecule has 0 aliphatic carbocycles. The number of hydrogen-bond acceptors (Lipinski definition) is 3. The van der Waals surface area contributed by atoms with E-state index in [0.29, 0.717) is 24.1 Å². The Kier molecular flexibility index (Phi) is 6.42. The van der Waals surface area contributed by atoms with Gasteiger partial charge in [-0.2, -0.15) is 0 Å². The Balaban J connectivity index is 1.70. The van der Waals surface area contributed by atoms with Gasteiger partial charge in [0.2, 0.25) is 5.91 Å². The average Bonchev–Trinajstić information content (AvgIpc) is 2.61. The Labute approximate surface area is 140 Å². The van der Waals surface area contributed by atoms with Gasteiger partial charge in [0, 0.05) is 24.1 Å². The summed E-state index contributed by atoms with van der Waals surface area (Å²) in [5.74, 6) is 5.36. The van der Waals surface area contributed by atoms with Gasteiger partial charge in [-0.1, -0.05) is 48.2 Å². The molecule has 2 amide bonds. The number of ether oxygens (including phenoxy) is 1. The minimum atomic E-state index is -0.485. The van der Waals surface area contributed by atoms with Crippen LogP contribution >= 0.6 is 0 Å². The first kappa shape index (κ1) is 17.1. The predicted octanol–water partition coefficient (Wildman–Crippen LogP) is 2.45. The van der Waals surface area contributed by atoms with Gasteiger partial charge in [0.05, 0.1) is 0 Å². The topological polar surface area (TPSA) is 81.4 Å². The fourth-order valence-corrected chi connectivity index (χ4v) is 1.92. The van der Waals surface area contributed by atoms with Gasteiger partial charge < -0.3 is 15.8 Å². The summed E-state index contributed by atoms with van der Waals surface area (Å²) < 4.78 is 5.09. The lowest BCUT2D eigenvalue weighted by Crippen LogP contribution is -2.24. The highest BCUT2D eigenvalue weighted by Crippen LogP contribution is 2.03. The van der Waals surface area contributed by atoms with Crippen molar-refractivity contribution in [2.75, 3.05) is 6.54 Å². The number of alkyl carbamates (subject to hydrolysis) is 1. The van der Waals surface area contributed by atoms with Crippen molar-refractivity contribution in [1.29, 1.82) is 0 Å². The second kappa shape index (κ2) is 9.01. The van der Waals surface area contributed by atoms with Crippen molar-refractivity contribution in [3.8, 4) is 11.8 Å². The van der Waals surface area contributed by atoms with Crippen LogP contribution in [0.15, 0.2) is 54.6 Å². The second-order valence-corrected chi connectivity index (χ2v) is 4.99. The number of hydrogen-bond donors (Lipinski definition) is 2. The molecule has 2 aromatic rings. The van der Waals surface area contributed by atoms with Crippen molar-refractivity contribution in [2.45, 2.75) is 13.0 Å². The van der Waals surface area contributed by atoms with Crippen LogP contribution in [0.1, 0.15) is 27.9 Å². The molecule has 0 aromatic heterocycles. The molecule has 0 heterocycles. The molecule has 5 nitrogen and oxygen atoms in total. The van der Waals surface area contributed by atoms with Crippen molar-refractivity contribution in [1.82, 2.24) is 5.32 Å². The lowest BCUT2D eigenvalue weighted by Gasteiger charge is -2.05. The van der Waals surface area contributed by atoms with E-state index >= 15 is 0 Å². The van der Waals surface area contributed by atoms with Gasteiger partial charge in [0.15, 0.2) is 0 Å². The van der Waals surface area contributed by atoms with Crippen LogP contribution in [0.5, 0.6) is 0 Å². The fraction of sp³-hybridized carbons (Fsp3) is 0.158. The van der Waals surface area contributed by atoms with E-state index in [0.717, 1.165) is 5.56 Å². The third kappa shape index (κ3) is 5.85. The number of amides is 2. The largest absolute Gasteiger partial charge is 0.445 e. The molecule has 5 heteroatoms. The third-order valence-electron chi connectivity index (χ3n) is 3.11. The van der Waals surface area contributed by atoms with Crippen molar-refractivity contribution in [3.63, 3.8) is 0 Å². The van der Waals surface area contributed by atoms with Crippen molar-refractivity contribution < 1.29 is 14.3 Å². The predicted molar refractivity (Wildman–Crippen MR) is 91.1 cm³/mol. The molecule has 0 saturated heterocycles. The van der Waals surface area contributed by atoms with E-state index in [1.54, 1.807) is 24.3 Å². The quantitative estimate of drug-likeness (QED) is 0.655. The van der Waals surface area contributed by atoms with E-state index in [1.807, 2.05) is 30.3 Å². The Morgan fingerprint density at radius 2 is 1.88 bits per heavy atom. The smallest absolute Gasteiger partial charge is 0.407 e. The van der Waals surface area contributed by atoms with Gasteiger partial charge in [0.25, 0.3) is 0 Å². The lowest BCUT2D eigenvalue weighted by molar-refractivity contribution is 0.1000. The molecule has 2 aromatic carbocycles. The molecule has 0 saturated carbocycles. The number of nitrogens with one attached hydrogen (secondary N) is 1. The van der Waals surface area contributed by atoms with Gasteiger partial charge in [-0.25, -0.2) is 4.79 Å². The van der Waals surface area contributed by atoms with Gasteiger partial charge in [-0.3, -0.25) is 4.79 Å². The molecule has 2 rings (SSSR count). The molecule has 0 spiro atoms. The van der Waals surface area contributed by atoms with Crippen LogP contribution in [0.3, 0.4) is 0 Å². The van der Waals surface area contributed by atoms with E-state index in [1.165, 1.54) is 0 Å². The standard InChI is InChI=1S/C19H18N2O3/c20-18(22)17-11-6-10-15(13-17)7-4-5-12-21-19(23)24-14-16-8-2-1-3-9-16/h1-3,6,8-11,13H,5,12,14H2,(H2,20,22)(H,21,23). The first-order valence-corrected chi connectivity index (χ1v) is 7.48. The highest BCUT2D eigenvalue weighted by Gasteiger charge is 2.01. The van der Waals surface area contributed by atoms with Gasteiger partial charge in [0.1, 0.15) is 6.61 Å². The van der Waals surface area contributed by atoms with Crippen LogP contribution in [0.4, 0.5) is 4.79 Å². The molecule has 0 unspecified atom stereocenters. The zero-order valence-electron chi connectivity index (χ0n) is 13.1. The van der Waals surface area contributed by atoms with Crippen LogP contribution in [0, 0.1) is 11.8 Å². The molecule has 0 aliphatic heterocycles. The highest BCUT2D eigenvalue weighted by atomic mass is 16.5. The number of primary amides is 1. The molecule has 122 valence electrons. The summed E-state index contributed by atoms with van der Waals surface area (Å²) in [6.07, 6.45) is -0.00213. The second-order valence-electron chi connectivity index (χ2n) is 4.99. The van der Waals surface area contributed by atoms with E-state index in [-0.39, 0.29) is 6.61 Å². The average molecular weight is 322 g/mol. The molecule has 0 fully saturated rings. The van der Waals surface area contributed by atoms with E-state index in [2.05, 4.69) is 17.2 Å². The van der Waals surface area contributed by atoms with Crippen LogP contribution in [-0.2, 0) is 11.3 Å². The van der Waals surface area contributed by atoms with E-state index < -0.39 is 12.0 Å². The zero-order chi connectivity index (χ0) is 17.2. The maximum Gasteiger partial charge on any atom is 0.407 e. The van der Waals surface area contributed by atoms with Crippen LogP contribution in [0.2, 0.25) is 0 Å². The summed E-state index contributed by atoms with van der Waals surface area (Å²) in [5.41, 5.74) is 7.27. The molecule has 3 N–H and O–H groups in total. The maximum absolute atomic E-state index is 11.5. The molecule has 0 bridgehead atoms. The monoisotopic (exact) mass is 322 g/mol. The van der Waals surface area contributed by atoms with Crippen molar-refractivity contribution >= 4 is 12.0 Å². The van der Waals surface area contributed by atoms with Crippen LogP contribution in [0.25, 0.3) is 0 Å². The summed E-state index contributed by atoms with van der Waals surface area (Å²) in [5, 5.41) is 2.63. The highest BCUT2D eigenvalue weighted by molar-refractivity contribution is 5.93. The molecule has 0 aliphatic rings. The van der Waals surface area contributed by atoms with Gasteiger partial charge in [-0.15, -0.1) is 0 Å². The first-order chi connectivity index (χ1) is 11.6. The minimum Gasteiger partial charge on any atom is -0.445 e. The summed E-state index contributed by atoms with van der Waals surface area (Å²) in [6, 6.07) is 16.2. The van der Waals surface area contributed by atoms with Gasteiger partial charge in [-0.05, 0) is 23.8 Å². The van der Waals surface area contributed by atoms with E-state index in [4.69, 9.17) is 10.5 Å². The molecular weight excluding hydrogens is 304 g/mol. The molecule has 0 radical (unpaired) electrons. The van der Waals surface area contributed by atoms with Crippen molar-refractivity contribution in [3.05, 3.63) is 71.3 Å². The number of benzene rings is 2. The molecular formula is C19H18N2O3. The summed E-state index contributed by atoms with van der Waals surface area (Å²) in [6.45, 7) is 0.619. The Hall–Kier alpha value is -3.26. The van der Waals surface area contributed by atoms with Crippen molar-refractivity contribution in [2.24, 2.45) is 5.73 Å². The number of carbonyl (C=O) groups excluding carboxylic acids is 2. The Morgan fingerprint density at radius 3 is 2.62 bits per heavy atom. The minimum absolute atomic E-state index is 0.234.